The Morgan fingerprint density at radius 2 is 0.512 bits per heavy atom. The van der Waals surface area contributed by atoms with E-state index in [0.717, 1.165) is 112 Å². The molecule has 0 spiro atoms. The molecule has 0 aliphatic heterocycles. The van der Waals surface area contributed by atoms with Crippen LogP contribution in [0.25, 0.3) is 206 Å². The van der Waals surface area contributed by atoms with Gasteiger partial charge in [-0.3, -0.25) is 0 Å². The summed E-state index contributed by atoms with van der Waals surface area (Å²) >= 11 is 6.24. The second-order valence-corrected chi connectivity index (χ2v) is 31.0. The maximum absolute atomic E-state index is 6.24. The third-order valence-corrected chi connectivity index (χ3v) is 23.6. The minimum Gasteiger partial charge on any atom is -0.309 e. The SMILES string of the molecule is Clc1ccc(-c2nc(-c3ccc(-c4ccccc4)cc3)nc(-c3cccc4c3c3ccccc3n4-c3ccccc3)n2)cc1.c1ccc(-c2ccc(-c3nc(-c4ccc(-n5c6ccccc6c6cc7ccccc7cc65)cc4)nc(-c4cccc5c4c4ccccc4n5-c4ccccc4)n3)cc2)cc1.c1ccc2c(c1)Cc1cc3ccccc3cc1-2. The van der Waals surface area contributed by atoms with Crippen LogP contribution in [0.1, 0.15) is 11.1 Å². The average Bonchev–Trinajstić information content (AvgIpc) is 1.59. The number of hydrogen-bond acceptors (Lipinski definition) is 6. The zero-order valence-electron chi connectivity index (χ0n) is 65.5. The Balaban J connectivity index is 0.000000125. The molecule has 1 aliphatic rings. The molecule has 121 heavy (non-hydrogen) atoms. The summed E-state index contributed by atoms with van der Waals surface area (Å²) in [6, 6.07) is 149. The quantitative estimate of drug-likeness (QED) is 0.128. The third-order valence-electron chi connectivity index (χ3n) is 23.4. The minimum absolute atomic E-state index is 0.595. The fraction of sp³-hybridized carbons (Fsp3) is 0.00901. The molecule has 5 heterocycles. The van der Waals surface area contributed by atoms with Crippen LogP contribution in [0.2, 0.25) is 5.02 Å². The average molecular weight is 1570 g/mol. The molecule has 0 unspecified atom stereocenters. The van der Waals surface area contributed by atoms with Crippen LogP contribution >= 0.6 is 11.6 Å². The molecule has 5 aromatic heterocycles. The van der Waals surface area contributed by atoms with E-state index in [0.29, 0.717) is 40.0 Å². The Morgan fingerprint density at radius 3 is 1.00 bits per heavy atom. The molecular weight excluding hydrogens is 1490 g/mol. The van der Waals surface area contributed by atoms with E-state index >= 15 is 0 Å². The van der Waals surface area contributed by atoms with E-state index < -0.39 is 0 Å². The number of aromatic nitrogens is 9. The Bertz CT molecular complexity index is 7880. The summed E-state index contributed by atoms with van der Waals surface area (Å²) in [6.07, 6.45) is 1.08. The maximum atomic E-state index is 6.24. The highest BCUT2D eigenvalue weighted by Crippen LogP contribution is 2.44. The highest BCUT2D eigenvalue weighted by Gasteiger charge is 2.25. The van der Waals surface area contributed by atoms with Gasteiger partial charge in [-0.05, 0) is 194 Å². The van der Waals surface area contributed by atoms with Gasteiger partial charge in [0, 0.05) is 87.8 Å². The van der Waals surface area contributed by atoms with Crippen LogP contribution in [-0.4, -0.2) is 43.6 Å². The van der Waals surface area contributed by atoms with E-state index in [-0.39, 0.29) is 0 Å². The Morgan fingerprint density at radius 1 is 0.190 bits per heavy atom. The normalized spacial score (nSPS) is 11.6. The van der Waals surface area contributed by atoms with Crippen LogP contribution in [-0.2, 0) is 6.42 Å². The molecule has 0 atom stereocenters. The number of hydrogen-bond donors (Lipinski definition) is 0. The van der Waals surface area contributed by atoms with Crippen molar-refractivity contribution in [3.63, 3.8) is 0 Å². The lowest BCUT2D eigenvalue weighted by molar-refractivity contribution is 1.07. The molecule has 0 saturated carbocycles. The summed E-state index contributed by atoms with van der Waals surface area (Å²) in [6.45, 7) is 0. The molecule has 568 valence electrons. The molecule has 0 bridgehead atoms. The summed E-state index contributed by atoms with van der Waals surface area (Å²) in [5.74, 6) is 3.69. The van der Waals surface area contributed by atoms with Crippen LogP contribution in [0.3, 0.4) is 0 Å². The summed E-state index contributed by atoms with van der Waals surface area (Å²) in [5, 5.41) is 12.8. The molecule has 24 rings (SSSR count). The molecule has 0 amide bonds. The third kappa shape index (κ3) is 13.3. The molecule has 1 aliphatic carbocycles. The first kappa shape index (κ1) is 71.7. The maximum Gasteiger partial charge on any atom is 0.164 e. The van der Waals surface area contributed by atoms with Crippen molar-refractivity contribution in [2.75, 3.05) is 0 Å². The first-order chi connectivity index (χ1) is 59.9. The fourth-order valence-electron chi connectivity index (χ4n) is 17.6. The van der Waals surface area contributed by atoms with Crippen LogP contribution in [0.5, 0.6) is 0 Å². The van der Waals surface area contributed by atoms with E-state index in [9.17, 15) is 0 Å². The number of rotatable bonds is 11. The zero-order chi connectivity index (χ0) is 80.3. The highest BCUT2D eigenvalue weighted by molar-refractivity contribution is 6.30. The first-order valence-corrected chi connectivity index (χ1v) is 41.2. The molecule has 0 fully saturated rings. The van der Waals surface area contributed by atoms with Gasteiger partial charge in [-0.15, -0.1) is 0 Å². The fourth-order valence-corrected chi connectivity index (χ4v) is 17.8. The van der Waals surface area contributed by atoms with Gasteiger partial charge in [0.05, 0.1) is 33.1 Å². The minimum atomic E-state index is 0.595. The van der Waals surface area contributed by atoms with Gasteiger partial charge in [-0.25, -0.2) is 29.9 Å². The Kier molecular flexibility index (Phi) is 18.2. The summed E-state index contributed by atoms with van der Waals surface area (Å²) in [5.41, 5.74) is 26.0. The van der Waals surface area contributed by atoms with Crippen LogP contribution in [0, 0.1) is 0 Å². The number of fused-ring (bicyclic) bond motifs is 14. The van der Waals surface area contributed by atoms with Crippen molar-refractivity contribution in [2.24, 2.45) is 0 Å². The lowest BCUT2D eigenvalue weighted by Gasteiger charge is -2.12. The van der Waals surface area contributed by atoms with E-state index in [2.05, 4.69) is 396 Å². The topological polar surface area (TPSA) is 92.1 Å². The lowest BCUT2D eigenvalue weighted by Crippen LogP contribution is -2.01. The zero-order valence-corrected chi connectivity index (χ0v) is 66.3. The van der Waals surface area contributed by atoms with Crippen molar-refractivity contribution in [3.8, 4) is 119 Å². The first-order valence-electron chi connectivity index (χ1n) is 40.8. The van der Waals surface area contributed by atoms with Crippen molar-refractivity contribution in [1.29, 1.82) is 0 Å². The van der Waals surface area contributed by atoms with Gasteiger partial charge in [-0.1, -0.05) is 315 Å². The van der Waals surface area contributed by atoms with Crippen molar-refractivity contribution >= 4 is 98.6 Å². The van der Waals surface area contributed by atoms with Crippen molar-refractivity contribution in [2.45, 2.75) is 6.42 Å². The van der Waals surface area contributed by atoms with E-state index in [4.69, 9.17) is 41.5 Å². The van der Waals surface area contributed by atoms with Crippen LogP contribution < -0.4 is 0 Å². The van der Waals surface area contributed by atoms with E-state index in [1.165, 1.54) is 76.7 Å². The Labute approximate surface area is 703 Å². The number of halogens is 1. The van der Waals surface area contributed by atoms with E-state index in [1.54, 1.807) is 0 Å². The molecule has 18 aromatic carbocycles. The van der Waals surface area contributed by atoms with Gasteiger partial charge in [0.1, 0.15) is 0 Å². The van der Waals surface area contributed by atoms with Gasteiger partial charge < -0.3 is 13.7 Å². The van der Waals surface area contributed by atoms with Gasteiger partial charge in [-0.2, -0.15) is 0 Å². The van der Waals surface area contributed by atoms with E-state index in [1.807, 2.05) is 42.5 Å². The molecule has 0 N–H and O–H groups in total. The smallest absolute Gasteiger partial charge is 0.164 e. The predicted octanol–water partition coefficient (Wildman–Crippen LogP) is 28.6. The second kappa shape index (κ2) is 30.7. The van der Waals surface area contributed by atoms with Crippen LogP contribution in [0.15, 0.2) is 425 Å². The Hall–Kier alpha value is -15.8. The monoisotopic (exact) mass is 1570 g/mol. The standard InChI is InChI=1S/C55H35N5.C39H25ClN4.C17H12/c1-3-14-36(15-4-1)37-26-28-38(29-27-37)53-56-54(58-55(57-53)46-22-13-25-50-52(46)45-21-10-12-24-49(45)59(50)42-18-5-2-6-19-42)39-30-32-43(33-31-39)60-48-23-11-9-20-44(48)47-34-40-16-7-8-17-41(40)35-51(47)60;40-30-24-22-29(23-25-30)38-41-37(28-20-18-27(19-21-28)26-10-3-1-4-11-26)42-39(43-38)33-15-9-17-35-36(33)32-14-7-8-16-34(32)44(35)31-12-5-2-6-13-31;1-2-6-13-11-17-15(9-12(13)5-1)10-14-7-3-4-8-16(14)17/h1-35H;1-25H;1-9,11H,10H2. The largest absolute Gasteiger partial charge is 0.309 e. The number of nitrogens with zero attached hydrogens (tertiary/aromatic N) is 9. The molecule has 0 saturated heterocycles. The van der Waals surface area contributed by atoms with Crippen molar-refractivity contribution in [1.82, 2.24) is 43.6 Å². The lowest BCUT2D eigenvalue weighted by atomic mass is 10.0. The number of benzene rings is 18. The van der Waals surface area contributed by atoms with Crippen LogP contribution in [0.4, 0.5) is 0 Å². The van der Waals surface area contributed by atoms with Crippen molar-refractivity contribution in [3.05, 3.63) is 441 Å². The summed E-state index contributed by atoms with van der Waals surface area (Å²) in [7, 11) is 0. The summed E-state index contributed by atoms with van der Waals surface area (Å²) < 4.78 is 7.00. The van der Waals surface area contributed by atoms with Gasteiger partial charge in [0.25, 0.3) is 0 Å². The second-order valence-electron chi connectivity index (χ2n) is 30.6. The molecule has 9 nitrogen and oxygen atoms in total. The predicted molar refractivity (Wildman–Crippen MR) is 501 cm³/mol. The highest BCUT2D eigenvalue weighted by atomic mass is 35.5. The van der Waals surface area contributed by atoms with Gasteiger partial charge >= 0.3 is 0 Å². The number of para-hydroxylation sites is 5. The molecular formula is C111H72ClN9. The summed E-state index contributed by atoms with van der Waals surface area (Å²) in [4.78, 5) is 30.9. The molecule has 23 aromatic rings. The van der Waals surface area contributed by atoms with Gasteiger partial charge in [0.2, 0.25) is 0 Å². The molecule has 0 radical (unpaired) electrons. The van der Waals surface area contributed by atoms with Gasteiger partial charge in [0.15, 0.2) is 34.9 Å². The molecule has 10 heteroatoms. The van der Waals surface area contributed by atoms with Crippen molar-refractivity contribution < 1.29 is 0 Å².